The molecule has 0 spiro atoms. The first-order valence-corrected chi connectivity index (χ1v) is 12.1. The van der Waals surface area contributed by atoms with Gasteiger partial charge in [0, 0.05) is 19.0 Å². The molecule has 0 unspecified atom stereocenters. The molecule has 7 heteroatoms. The second-order valence-electron chi connectivity index (χ2n) is 8.50. The van der Waals surface area contributed by atoms with Gasteiger partial charge in [-0.3, -0.25) is 4.79 Å². The van der Waals surface area contributed by atoms with Crippen LogP contribution in [-0.2, 0) is 33.5 Å². The normalized spacial score (nSPS) is 14.1. The van der Waals surface area contributed by atoms with Crippen LogP contribution in [0.5, 0.6) is 0 Å². The molecule has 1 aliphatic carbocycles. The van der Waals surface area contributed by atoms with Gasteiger partial charge in [-0.2, -0.15) is 0 Å². The minimum atomic E-state index is -3.64. The van der Waals surface area contributed by atoms with Crippen LogP contribution in [0.2, 0.25) is 0 Å². The van der Waals surface area contributed by atoms with E-state index in [2.05, 4.69) is 11.6 Å². The number of rotatable bonds is 10. The number of carbonyl (C=O) groups is 1. The van der Waals surface area contributed by atoms with Crippen LogP contribution in [0, 0.1) is 18.8 Å². The zero-order valence-electron chi connectivity index (χ0n) is 18.0. The van der Waals surface area contributed by atoms with Gasteiger partial charge in [0.1, 0.15) is 0 Å². The molecule has 0 N–H and O–H groups in total. The summed E-state index contributed by atoms with van der Waals surface area (Å²) >= 11 is 0. The summed E-state index contributed by atoms with van der Waals surface area (Å²) in [5.41, 5.74) is 2.45. The predicted octanol–water partition coefficient (Wildman–Crippen LogP) is 3.75. The Hall–Kier alpha value is -2.41. The maximum Gasteiger partial charge on any atom is 0.228 e. The van der Waals surface area contributed by atoms with Crippen molar-refractivity contribution in [2.45, 2.75) is 57.6 Å². The highest BCUT2D eigenvalue weighted by Crippen LogP contribution is 2.31. The van der Waals surface area contributed by atoms with Crippen LogP contribution in [0.4, 0.5) is 0 Å². The Labute approximate surface area is 179 Å². The Bertz CT molecular complexity index is 1020. The van der Waals surface area contributed by atoms with Crippen molar-refractivity contribution in [3.63, 3.8) is 0 Å². The number of nitrogens with zero attached hydrogens (tertiary/aromatic N) is 3. The number of amides is 1. The van der Waals surface area contributed by atoms with Crippen LogP contribution in [0.15, 0.2) is 48.3 Å². The van der Waals surface area contributed by atoms with Crippen molar-refractivity contribution in [1.29, 1.82) is 0 Å². The van der Waals surface area contributed by atoms with Crippen molar-refractivity contribution < 1.29 is 13.2 Å². The van der Waals surface area contributed by atoms with Gasteiger partial charge in [-0.1, -0.05) is 44.2 Å². The SMILES string of the molecule is C=CCN(Cc1cnc(S(=O)(=O)Cc2ccccc2C)n1CC(C)C)C(=O)C1CC1. The Balaban J connectivity index is 1.93. The van der Waals surface area contributed by atoms with Gasteiger partial charge in [0.05, 0.1) is 24.2 Å². The number of imidazole rings is 1. The number of carbonyl (C=O) groups excluding carboxylic acids is 1. The zero-order chi connectivity index (χ0) is 21.9. The molecule has 6 nitrogen and oxygen atoms in total. The van der Waals surface area contributed by atoms with Crippen LogP contribution >= 0.6 is 0 Å². The summed E-state index contributed by atoms with van der Waals surface area (Å²) < 4.78 is 28.3. The van der Waals surface area contributed by atoms with Gasteiger partial charge < -0.3 is 9.47 Å². The van der Waals surface area contributed by atoms with Crippen molar-refractivity contribution in [2.24, 2.45) is 11.8 Å². The van der Waals surface area contributed by atoms with E-state index in [4.69, 9.17) is 0 Å². The smallest absolute Gasteiger partial charge is 0.228 e. The fraction of sp³-hybridized carbons (Fsp3) is 0.478. The van der Waals surface area contributed by atoms with E-state index in [-0.39, 0.29) is 28.7 Å². The number of aryl methyl sites for hydroxylation is 1. The molecule has 0 radical (unpaired) electrons. The van der Waals surface area contributed by atoms with Gasteiger partial charge in [-0.15, -0.1) is 6.58 Å². The minimum Gasteiger partial charge on any atom is -0.333 e. The van der Waals surface area contributed by atoms with Gasteiger partial charge in [-0.25, -0.2) is 13.4 Å². The lowest BCUT2D eigenvalue weighted by Gasteiger charge is -2.23. The summed E-state index contributed by atoms with van der Waals surface area (Å²) in [5.74, 6) is 0.343. The topological polar surface area (TPSA) is 72.3 Å². The van der Waals surface area contributed by atoms with Crippen molar-refractivity contribution in [1.82, 2.24) is 14.5 Å². The third-order valence-electron chi connectivity index (χ3n) is 5.27. The number of hydrogen-bond acceptors (Lipinski definition) is 4. The van der Waals surface area contributed by atoms with Crippen LogP contribution in [0.1, 0.15) is 43.5 Å². The van der Waals surface area contributed by atoms with Gasteiger partial charge in [-0.05, 0) is 36.8 Å². The Morgan fingerprint density at radius 2 is 2.03 bits per heavy atom. The van der Waals surface area contributed by atoms with E-state index in [1.807, 2.05) is 45.0 Å². The molecule has 1 aromatic carbocycles. The maximum atomic E-state index is 13.3. The van der Waals surface area contributed by atoms with Crippen molar-refractivity contribution in [2.75, 3.05) is 6.54 Å². The highest BCUT2D eigenvalue weighted by atomic mass is 32.2. The Morgan fingerprint density at radius 1 is 1.33 bits per heavy atom. The molecule has 1 fully saturated rings. The number of aromatic nitrogens is 2. The van der Waals surface area contributed by atoms with E-state index in [1.54, 1.807) is 21.7 Å². The van der Waals surface area contributed by atoms with Crippen molar-refractivity contribution in [3.05, 3.63) is 59.9 Å². The molecular weight excluding hydrogens is 398 g/mol. The molecule has 3 rings (SSSR count). The number of sulfone groups is 1. The van der Waals surface area contributed by atoms with E-state index in [0.717, 1.165) is 29.7 Å². The third kappa shape index (κ3) is 5.19. The summed E-state index contributed by atoms with van der Waals surface area (Å²) in [6.07, 6.45) is 5.16. The van der Waals surface area contributed by atoms with E-state index in [0.29, 0.717) is 19.6 Å². The second kappa shape index (κ2) is 9.16. The monoisotopic (exact) mass is 429 g/mol. The Kier molecular flexibility index (Phi) is 6.81. The molecule has 1 heterocycles. The lowest BCUT2D eigenvalue weighted by Crippen LogP contribution is -2.33. The van der Waals surface area contributed by atoms with Crippen LogP contribution in [0.3, 0.4) is 0 Å². The first-order chi connectivity index (χ1) is 14.2. The van der Waals surface area contributed by atoms with Gasteiger partial charge in [0.2, 0.25) is 20.9 Å². The summed E-state index contributed by atoms with van der Waals surface area (Å²) in [6, 6.07) is 7.49. The molecule has 1 aromatic heterocycles. The molecule has 1 aliphatic rings. The number of hydrogen-bond donors (Lipinski definition) is 0. The lowest BCUT2D eigenvalue weighted by molar-refractivity contribution is -0.132. The molecule has 1 amide bonds. The zero-order valence-corrected chi connectivity index (χ0v) is 18.9. The third-order valence-corrected chi connectivity index (χ3v) is 6.85. The minimum absolute atomic E-state index is 0.0758. The highest BCUT2D eigenvalue weighted by molar-refractivity contribution is 7.90. The van der Waals surface area contributed by atoms with Crippen LogP contribution < -0.4 is 0 Å². The second-order valence-corrected chi connectivity index (χ2v) is 10.4. The average molecular weight is 430 g/mol. The van der Waals surface area contributed by atoms with Crippen LogP contribution in [0.25, 0.3) is 0 Å². The largest absolute Gasteiger partial charge is 0.333 e. The Morgan fingerprint density at radius 3 is 2.63 bits per heavy atom. The summed E-state index contributed by atoms with van der Waals surface area (Å²) in [6.45, 7) is 11.1. The van der Waals surface area contributed by atoms with E-state index in [1.165, 1.54) is 0 Å². The molecule has 0 saturated heterocycles. The van der Waals surface area contributed by atoms with E-state index >= 15 is 0 Å². The van der Waals surface area contributed by atoms with Crippen molar-refractivity contribution >= 4 is 15.7 Å². The van der Waals surface area contributed by atoms with E-state index in [9.17, 15) is 13.2 Å². The predicted molar refractivity (Wildman–Crippen MR) is 117 cm³/mol. The lowest BCUT2D eigenvalue weighted by atomic mass is 10.1. The fourth-order valence-electron chi connectivity index (χ4n) is 3.54. The molecular formula is C23H31N3O3S. The molecule has 2 aromatic rings. The van der Waals surface area contributed by atoms with E-state index < -0.39 is 9.84 Å². The summed E-state index contributed by atoms with van der Waals surface area (Å²) in [7, 11) is -3.64. The highest BCUT2D eigenvalue weighted by Gasteiger charge is 2.34. The standard InChI is InChI=1S/C23H31N3O3S/c1-5-12-25(22(27)19-10-11-19)15-21-13-24-23(26(21)14-17(2)3)30(28,29)16-20-9-7-6-8-18(20)4/h5-9,13,17,19H,1,10-12,14-16H2,2-4H3. The quantitative estimate of drug-likeness (QED) is 0.539. The first kappa shape index (κ1) is 22.3. The molecule has 0 atom stereocenters. The van der Waals surface area contributed by atoms with Gasteiger partial charge >= 0.3 is 0 Å². The fourth-order valence-corrected chi connectivity index (χ4v) is 5.14. The van der Waals surface area contributed by atoms with Gasteiger partial charge in [0.25, 0.3) is 0 Å². The summed E-state index contributed by atoms with van der Waals surface area (Å²) in [5, 5.41) is 0.0758. The molecule has 0 bridgehead atoms. The average Bonchev–Trinajstić information content (AvgIpc) is 3.45. The van der Waals surface area contributed by atoms with Gasteiger partial charge in [0.15, 0.2) is 0 Å². The molecule has 0 aliphatic heterocycles. The molecule has 1 saturated carbocycles. The van der Waals surface area contributed by atoms with Crippen LogP contribution in [-0.4, -0.2) is 35.3 Å². The number of benzene rings is 1. The first-order valence-electron chi connectivity index (χ1n) is 10.4. The maximum absolute atomic E-state index is 13.3. The molecule has 30 heavy (non-hydrogen) atoms. The molecule has 162 valence electrons. The van der Waals surface area contributed by atoms with Crippen molar-refractivity contribution in [3.8, 4) is 0 Å². The summed E-state index contributed by atoms with van der Waals surface area (Å²) in [4.78, 5) is 18.7.